The van der Waals surface area contributed by atoms with E-state index >= 15 is 0 Å². The number of amides is 1. The summed E-state index contributed by atoms with van der Waals surface area (Å²) in [7, 11) is 0. The molecule has 0 aliphatic rings. The second-order valence-electron chi connectivity index (χ2n) is 5.13. The molecule has 5 heteroatoms. The van der Waals surface area contributed by atoms with Crippen LogP contribution in [-0.2, 0) is 11.3 Å². The molecule has 0 saturated heterocycles. The molecule has 0 radical (unpaired) electrons. The summed E-state index contributed by atoms with van der Waals surface area (Å²) in [5.41, 5.74) is 2.04. The maximum Gasteiger partial charge on any atom is 0.258 e. The maximum atomic E-state index is 11.6. The second-order valence-corrected chi connectivity index (χ2v) is 6.04. The Morgan fingerprint density at radius 2 is 2.19 bits per heavy atom. The van der Waals surface area contributed by atoms with E-state index in [-0.39, 0.29) is 12.5 Å². The van der Waals surface area contributed by atoms with Crippen LogP contribution in [0.4, 0.5) is 0 Å². The van der Waals surface area contributed by atoms with Crippen molar-refractivity contribution in [2.24, 2.45) is 0 Å². The molecule has 0 aliphatic heterocycles. The molecular weight excluding hydrogens is 332 g/mol. The summed E-state index contributed by atoms with van der Waals surface area (Å²) in [6.45, 7) is 10.9. The van der Waals surface area contributed by atoms with Crippen LogP contribution in [0.3, 0.4) is 0 Å². The standard InChI is InChI=1S/C16H23BrN2O2/c1-5-6-18-15(20)10-21-16-12(4)7-14(17)8-13(16)9-19-11(2)3/h5,7-8,11,19H,1,6,9-10H2,2-4H3,(H,18,20). The Bertz CT molecular complexity index is 501. The first-order chi connectivity index (χ1) is 9.93. The van der Waals surface area contributed by atoms with E-state index < -0.39 is 0 Å². The van der Waals surface area contributed by atoms with Crippen LogP contribution in [0.5, 0.6) is 5.75 Å². The van der Waals surface area contributed by atoms with Gasteiger partial charge >= 0.3 is 0 Å². The Morgan fingerprint density at radius 3 is 2.81 bits per heavy atom. The van der Waals surface area contributed by atoms with E-state index in [1.807, 2.05) is 19.1 Å². The van der Waals surface area contributed by atoms with Crippen molar-refractivity contribution in [2.45, 2.75) is 33.4 Å². The number of carbonyl (C=O) groups excluding carboxylic acids is 1. The predicted octanol–water partition coefficient (Wildman–Crippen LogP) is 2.94. The molecule has 0 aliphatic carbocycles. The number of rotatable bonds is 8. The third-order valence-electron chi connectivity index (χ3n) is 2.81. The van der Waals surface area contributed by atoms with Crippen LogP contribution < -0.4 is 15.4 Å². The van der Waals surface area contributed by atoms with Crippen LogP contribution in [0, 0.1) is 6.92 Å². The third-order valence-corrected chi connectivity index (χ3v) is 3.27. The van der Waals surface area contributed by atoms with Gasteiger partial charge in [0.2, 0.25) is 0 Å². The van der Waals surface area contributed by atoms with Gasteiger partial charge in [-0.3, -0.25) is 4.79 Å². The topological polar surface area (TPSA) is 50.4 Å². The number of hydrogen-bond acceptors (Lipinski definition) is 3. The average molecular weight is 355 g/mol. The molecule has 0 fully saturated rings. The molecule has 2 N–H and O–H groups in total. The highest BCUT2D eigenvalue weighted by Gasteiger charge is 2.11. The number of benzene rings is 1. The summed E-state index contributed by atoms with van der Waals surface area (Å²) in [4.78, 5) is 11.6. The number of nitrogens with one attached hydrogen (secondary N) is 2. The molecule has 21 heavy (non-hydrogen) atoms. The monoisotopic (exact) mass is 354 g/mol. The molecule has 0 atom stereocenters. The van der Waals surface area contributed by atoms with Crippen molar-refractivity contribution in [3.63, 3.8) is 0 Å². The number of ether oxygens (including phenoxy) is 1. The van der Waals surface area contributed by atoms with Crippen molar-refractivity contribution in [3.05, 3.63) is 40.4 Å². The van der Waals surface area contributed by atoms with Crippen LogP contribution in [0.1, 0.15) is 25.0 Å². The van der Waals surface area contributed by atoms with Crippen molar-refractivity contribution in [1.29, 1.82) is 0 Å². The summed E-state index contributed by atoms with van der Waals surface area (Å²) in [6, 6.07) is 4.38. The first kappa shape index (κ1) is 17.7. The van der Waals surface area contributed by atoms with E-state index in [4.69, 9.17) is 4.74 Å². The third kappa shape index (κ3) is 6.31. The summed E-state index contributed by atoms with van der Waals surface area (Å²) in [6.07, 6.45) is 1.64. The highest BCUT2D eigenvalue weighted by atomic mass is 79.9. The van der Waals surface area contributed by atoms with Crippen LogP contribution in [0.25, 0.3) is 0 Å². The Balaban J connectivity index is 2.78. The molecule has 0 saturated carbocycles. The van der Waals surface area contributed by atoms with E-state index in [1.165, 1.54) is 0 Å². The zero-order valence-corrected chi connectivity index (χ0v) is 14.4. The number of aryl methyl sites for hydroxylation is 1. The lowest BCUT2D eigenvalue weighted by atomic mass is 10.1. The lowest BCUT2D eigenvalue weighted by Crippen LogP contribution is -2.29. The minimum Gasteiger partial charge on any atom is -0.483 e. The number of halogens is 1. The van der Waals surface area contributed by atoms with Crippen LogP contribution in [-0.4, -0.2) is 25.1 Å². The molecule has 0 unspecified atom stereocenters. The number of hydrogen-bond donors (Lipinski definition) is 2. The predicted molar refractivity (Wildman–Crippen MR) is 89.6 cm³/mol. The first-order valence-electron chi connectivity index (χ1n) is 6.96. The molecule has 1 aromatic carbocycles. The minimum absolute atomic E-state index is 0.00495. The van der Waals surface area contributed by atoms with Crippen molar-refractivity contribution < 1.29 is 9.53 Å². The lowest BCUT2D eigenvalue weighted by molar-refractivity contribution is -0.122. The fourth-order valence-corrected chi connectivity index (χ4v) is 2.45. The summed E-state index contributed by atoms with van der Waals surface area (Å²) in [5.74, 6) is 0.611. The van der Waals surface area contributed by atoms with E-state index in [9.17, 15) is 4.79 Å². The lowest BCUT2D eigenvalue weighted by Gasteiger charge is -2.16. The normalized spacial score (nSPS) is 10.5. The van der Waals surface area contributed by atoms with Gasteiger partial charge in [-0.05, 0) is 24.6 Å². The van der Waals surface area contributed by atoms with Gasteiger partial charge in [0, 0.05) is 29.2 Å². The van der Waals surface area contributed by atoms with E-state index in [1.54, 1.807) is 6.08 Å². The summed E-state index contributed by atoms with van der Waals surface area (Å²) >= 11 is 3.49. The van der Waals surface area contributed by atoms with Gasteiger partial charge in [0.15, 0.2) is 6.61 Å². The molecular formula is C16H23BrN2O2. The minimum atomic E-state index is -0.153. The van der Waals surface area contributed by atoms with Crippen LogP contribution in [0.15, 0.2) is 29.3 Å². The highest BCUT2D eigenvalue weighted by molar-refractivity contribution is 9.10. The molecule has 1 aromatic rings. The Morgan fingerprint density at radius 1 is 1.48 bits per heavy atom. The van der Waals surface area contributed by atoms with Gasteiger partial charge in [-0.2, -0.15) is 0 Å². The summed E-state index contributed by atoms with van der Waals surface area (Å²) in [5, 5.41) is 6.06. The van der Waals surface area contributed by atoms with Gasteiger partial charge in [-0.25, -0.2) is 0 Å². The van der Waals surface area contributed by atoms with Crippen molar-refractivity contribution >= 4 is 21.8 Å². The summed E-state index contributed by atoms with van der Waals surface area (Å²) < 4.78 is 6.71. The highest BCUT2D eigenvalue weighted by Crippen LogP contribution is 2.28. The van der Waals surface area contributed by atoms with E-state index in [2.05, 4.69) is 47.0 Å². The molecule has 0 spiro atoms. The van der Waals surface area contributed by atoms with Gasteiger partial charge in [0.1, 0.15) is 5.75 Å². The fourth-order valence-electron chi connectivity index (χ4n) is 1.83. The zero-order chi connectivity index (χ0) is 15.8. The van der Waals surface area contributed by atoms with Crippen molar-refractivity contribution in [1.82, 2.24) is 10.6 Å². The van der Waals surface area contributed by atoms with Gasteiger partial charge in [0.25, 0.3) is 5.91 Å². The van der Waals surface area contributed by atoms with E-state index in [0.29, 0.717) is 19.1 Å². The van der Waals surface area contributed by atoms with Crippen LogP contribution >= 0.6 is 15.9 Å². The quantitative estimate of drug-likeness (QED) is 0.705. The molecule has 1 amide bonds. The SMILES string of the molecule is C=CCNC(=O)COc1c(C)cc(Br)cc1CNC(C)C. The molecule has 0 aromatic heterocycles. The zero-order valence-electron chi connectivity index (χ0n) is 12.8. The molecule has 4 nitrogen and oxygen atoms in total. The van der Waals surface area contributed by atoms with Crippen molar-refractivity contribution in [2.75, 3.05) is 13.2 Å². The first-order valence-corrected chi connectivity index (χ1v) is 7.76. The van der Waals surface area contributed by atoms with Gasteiger partial charge < -0.3 is 15.4 Å². The Labute approximate surface area is 135 Å². The molecule has 0 heterocycles. The fraction of sp³-hybridized carbons (Fsp3) is 0.438. The maximum absolute atomic E-state index is 11.6. The second kappa shape index (κ2) is 8.85. The Hall–Kier alpha value is -1.33. The molecule has 116 valence electrons. The largest absolute Gasteiger partial charge is 0.483 e. The van der Waals surface area contributed by atoms with Gasteiger partial charge in [0.05, 0.1) is 0 Å². The van der Waals surface area contributed by atoms with Gasteiger partial charge in [-0.1, -0.05) is 35.9 Å². The van der Waals surface area contributed by atoms with E-state index in [0.717, 1.165) is 21.3 Å². The number of carbonyl (C=O) groups is 1. The van der Waals surface area contributed by atoms with Gasteiger partial charge in [-0.15, -0.1) is 6.58 Å². The molecule has 0 bridgehead atoms. The van der Waals surface area contributed by atoms with Crippen molar-refractivity contribution in [3.8, 4) is 5.75 Å². The molecule has 1 rings (SSSR count). The smallest absolute Gasteiger partial charge is 0.258 e. The van der Waals surface area contributed by atoms with Crippen LogP contribution in [0.2, 0.25) is 0 Å². The Kier molecular flexibility index (Phi) is 7.47. The average Bonchev–Trinajstić information content (AvgIpc) is 2.41.